The number of ether oxygens (including phenoxy) is 1. The van der Waals surface area contributed by atoms with Crippen LogP contribution in [0.5, 0.6) is 0 Å². The molecule has 0 spiro atoms. The van der Waals surface area contributed by atoms with Gasteiger partial charge < -0.3 is 20.5 Å². The molecule has 3 saturated carbocycles. The summed E-state index contributed by atoms with van der Waals surface area (Å²) in [5.74, 6) is -0.754. The quantitative estimate of drug-likeness (QED) is 0.586. The number of hydrogen-bond acceptors (Lipinski definition) is 4. The summed E-state index contributed by atoms with van der Waals surface area (Å²) >= 11 is 0. The van der Waals surface area contributed by atoms with Crippen LogP contribution in [0, 0.1) is 23.2 Å². The van der Waals surface area contributed by atoms with Crippen molar-refractivity contribution in [2.24, 2.45) is 23.2 Å². The van der Waals surface area contributed by atoms with Crippen LogP contribution in [0.3, 0.4) is 0 Å². The molecule has 7 nitrogen and oxygen atoms in total. The maximum absolute atomic E-state index is 12.8. The van der Waals surface area contributed by atoms with Crippen LogP contribution in [0.2, 0.25) is 0 Å². The number of hydrogen-bond donors (Lipinski definition) is 3. The van der Waals surface area contributed by atoms with Crippen molar-refractivity contribution >= 4 is 18.0 Å². The van der Waals surface area contributed by atoms with E-state index in [0.717, 1.165) is 12.8 Å². The highest BCUT2D eigenvalue weighted by molar-refractivity contribution is 5.87. The molecule has 6 rings (SSSR count). The van der Waals surface area contributed by atoms with Gasteiger partial charge in [0.2, 0.25) is 5.91 Å². The molecule has 0 aliphatic heterocycles. The molecular weight excluding hydrogens is 432 g/mol. The Labute approximate surface area is 197 Å². The van der Waals surface area contributed by atoms with Crippen LogP contribution in [0.15, 0.2) is 48.5 Å². The molecule has 2 amide bonds. The predicted molar refractivity (Wildman–Crippen MR) is 124 cm³/mol. The van der Waals surface area contributed by atoms with Crippen LogP contribution in [0.25, 0.3) is 11.1 Å². The number of carbonyl (C=O) groups is 3. The Morgan fingerprint density at radius 2 is 1.65 bits per heavy atom. The van der Waals surface area contributed by atoms with Crippen molar-refractivity contribution in [1.82, 2.24) is 10.6 Å². The fourth-order valence-electron chi connectivity index (χ4n) is 6.27. The van der Waals surface area contributed by atoms with E-state index in [9.17, 15) is 14.4 Å². The van der Waals surface area contributed by atoms with Crippen molar-refractivity contribution in [3.8, 4) is 11.1 Å². The van der Waals surface area contributed by atoms with E-state index in [1.807, 2.05) is 24.3 Å². The summed E-state index contributed by atoms with van der Waals surface area (Å²) in [4.78, 5) is 36.4. The zero-order valence-corrected chi connectivity index (χ0v) is 18.8. The van der Waals surface area contributed by atoms with Crippen molar-refractivity contribution in [2.45, 2.75) is 37.6 Å². The number of aliphatic carboxylic acids is 1. The zero-order valence-electron chi connectivity index (χ0n) is 18.8. The minimum Gasteiger partial charge on any atom is -0.481 e. The summed E-state index contributed by atoms with van der Waals surface area (Å²) in [6, 6.07) is 16.4. The number of amides is 2. The van der Waals surface area contributed by atoms with Crippen molar-refractivity contribution in [3.05, 3.63) is 59.7 Å². The number of benzene rings is 2. The normalized spacial score (nSPS) is 30.0. The molecule has 0 heterocycles. The van der Waals surface area contributed by atoms with E-state index >= 15 is 0 Å². The van der Waals surface area contributed by atoms with Crippen LogP contribution < -0.4 is 10.6 Å². The Morgan fingerprint density at radius 1 is 0.971 bits per heavy atom. The van der Waals surface area contributed by atoms with Gasteiger partial charge in [-0.2, -0.15) is 0 Å². The summed E-state index contributed by atoms with van der Waals surface area (Å²) in [7, 11) is 0. The Kier molecular flexibility index (Phi) is 4.90. The third kappa shape index (κ3) is 3.54. The standard InChI is InChI=1S/C27H28N2O5/c30-24(31)22-9-15(22)13-28-25(32)27-11-16(27)10-17(12-27)29-26(33)34-14-23-20-7-3-1-5-18(20)19-6-2-4-8-21(19)23/h1-8,15-17,22-23H,9-14H2,(H,28,32)(H,29,33)(H,30,31)/t15?,16-,17+,22?,27+/m0/s1. The van der Waals surface area contributed by atoms with Crippen LogP contribution >= 0.6 is 0 Å². The van der Waals surface area contributed by atoms with Crippen LogP contribution in [0.4, 0.5) is 4.79 Å². The van der Waals surface area contributed by atoms with Gasteiger partial charge in [-0.15, -0.1) is 0 Å². The van der Waals surface area contributed by atoms with E-state index in [1.165, 1.54) is 22.3 Å². The Bertz CT molecular complexity index is 1130. The van der Waals surface area contributed by atoms with Crippen molar-refractivity contribution in [2.75, 3.05) is 13.2 Å². The first-order valence-corrected chi connectivity index (χ1v) is 12.1. The molecule has 7 heteroatoms. The van der Waals surface area contributed by atoms with Crippen LogP contribution in [-0.2, 0) is 14.3 Å². The smallest absolute Gasteiger partial charge is 0.407 e. The van der Waals surface area contributed by atoms with Crippen LogP contribution in [0.1, 0.15) is 42.7 Å². The van der Waals surface area contributed by atoms with E-state index in [-0.39, 0.29) is 42.2 Å². The van der Waals surface area contributed by atoms with Crippen molar-refractivity contribution in [3.63, 3.8) is 0 Å². The number of fused-ring (bicyclic) bond motifs is 4. The summed E-state index contributed by atoms with van der Waals surface area (Å²) in [6.07, 6.45) is 2.43. The molecule has 2 aromatic rings. The third-order valence-corrected chi connectivity index (χ3v) is 8.29. The second-order valence-corrected chi connectivity index (χ2v) is 10.3. The fraction of sp³-hybridized carbons (Fsp3) is 0.444. The minimum absolute atomic E-state index is 0.00498. The molecule has 0 saturated heterocycles. The highest BCUT2D eigenvalue weighted by Crippen LogP contribution is 2.63. The van der Waals surface area contributed by atoms with E-state index in [0.29, 0.717) is 19.4 Å². The van der Waals surface area contributed by atoms with E-state index in [4.69, 9.17) is 9.84 Å². The first-order chi connectivity index (χ1) is 16.5. The van der Waals surface area contributed by atoms with Gasteiger partial charge in [-0.1, -0.05) is 48.5 Å². The average Bonchev–Trinajstić information content (AvgIpc) is 3.70. The molecule has 0 bridgehead atoms. The van der Waals surface area contributed by atoms with Gasteiger partial charge in [0, 0.05) is 18.5 Å². The maximum Gasteiger partial charge on any atom is 0.407 e. The van der Waals surface area contributed by atoms with Gasteiger partial charge in [0.1, 0.15) is 6.61 Å². The first kappa shape index (κ1) is 21.2. The lowest BCUT2D eigenvalue weighted by atomic mass is 9.98. The lowest BCUT2D eigenvalue weighted by Crippen LogP contribution is -2.38. The van der Waals surface area contributed by atoms with E-state index < -0.39 is 17.5 Å². The van der Waals surface area contributed by atoms with Gasteiger partial charge in [0.25, 0.3) is 0 Å². The largest absolute Gasteiger partial charge is 0.481 e. The number of carboxylic acids is 1. The second-order valence-electron chi connectivity index (χ2n) is 10.3. The van der Waals surface area contributed by atoms with Gasteiger partial charge in [-0.25, -0.2) is 4.79 Å². The van der Waals surface area contributed by atoms with Crippen molar-refractivity contribution in [1.29, 1.82) is 0 Å². The molecule has 0 radical (unpaired) electrons. The molecule has 0 aromatic heterocycles. The topological polar surface area (TPSA) is 105 Å². The summed E-state index contributed by atoms with van der Waals surface area (Å²) in [5, 5.41) is 15.0. The monoisotopic (exact) mass is 460 g/mol. The summed E-state index contributed by atoms with van der Waals surface area (Å²) < 4.78 is 5.66. The lowest BCUT2D eigenvalue weighted by molar-refractivity contribution is -0.139. The Hall–Kier alpha value is -3.35. The Morgan fingerprint density at radius 3 is 2.29 bits per heavy atom. The highest BCUT2D eigenvalue weighted by Gasteiger charge is 2.65. The molecule has 5 atom stereocenters. The molecule has 3 N–H and O–H groups in total. The third-order valence-electron chi connectivity index (χ3n) is 8.29. The van der Waals surface area contributed by atoms with Gasteiger partial charge in [0.05, 0.1) is 11.3 Å². The van der Waals surface area contributed by atoms with Gasteiger partial charge in [-0.3, -0.25) is 9.59 Å². The zero-order chi connectivity index (χ0) is 23.4. The molecule has 2 aromatic carbocycles. The molecule has 3 fully saturated rings. The number of carboxylic acid groups (broad SMARTS) is 1. The molecule has 4 aliphatic carbocycles. The van der Waals surface area contributed by atoms with Gasteiger partial charge in [-0.05, 0) is 59.8 Å². The molecule has 2 unspecified atom stereocenters. The fourth-order valence-corrected chi connectivity index (χ4v) is 6.27. The van der Waals surface area contributed by atoms with Gasteiger partial charge >= 0.3 is 12.1 Å². The highest BCUT2D eigenvalue weighted by atomic mass is 16.5. The number of nitrogens with one attached hydrogen (secondary N) is 2. The van der Waals surface area contributed by atoms with E-state index in [2.05, 4.69) is 34.9 Å². The molecule has 34 heavy (non-hydrogen) atoms. The number of alkyl carbamates (subject to hydrolysis) is 1. The van der Waals surface area contributed by atoms with Crippen LogP contribution in [-0.4, -0.2) is 42.3 Å². The predicted octanol–water partition coefficient (Wildman–Crippen LogP) is 3.53. The average molecular weight is 461 g/mol. The summed E-state index contributed by atoms with van der Waals surface area (Å²) in [6.45, 7) is 0.697. The number of carbonyl (C=O) groups excluding carboxylic acids is 2. The SMILES string of the molecule is O=C(N[C@@H]1C[C@H]2C[C@@]2(C(=O)NCC2CC2C(=O)O)C1)OCC1c2ccccc2-c2ccccc21. The van der Waals surface area contributed by atoms with E-state index in [1.54, 1.807) is 0 Å². The first-order valence-electron chi connectivity index (χ1n) is 12.1. The maximum atomic E-state index is 12.8. The lowest BCUT2D eigenvalue weighted by Gasteiger charge is -2.19. The summed E-state index contributed by atoms with van der Waals surface area (Å²) in [5.41, 5.74) is 4.33. The Balaban J connectivity index is 1.01. The molecular formula is C27H28N2O5. The molecule has 176 valence electrons. The minimum atomic E-state index is -0.782. The molecule has 4 aliphatic rings. The van der Waals surface area contributed by atoms with Crippen molar-refractivity contribution < 1.29 is 24.2 Å². The second kappa shape index (κ2) is 7.86. The van der Waals surface area contributed by atoms with Gasteiger partial charge in [0.15, 0.2) is 0 Å². The number of rotatable bonds is 7.